The van der Waals surface area contributed by atoms with Crippen molar-refractivity contribution < 1.29 is 14.1 Å². The van der Waals surface area contributed by atoms with E-state index in [0.29, 0.717) is 48.7 Å². The van der Waals surface area contributed by atoms with E-state index < -0.39 is 0 Å². The lowest BCUT2D eigenvalue weighted by molar-refractivity contribution is -0.129. The van der Waals surface area contributed by atoms with Gasteiger partial charge >= 0.3 is 0 Å². The SMILES string of the molecule is CC(=O)N1CCC(c2nc(-c3nnn4c3CO[C@@H](c3ccc(Cl)cc3)C4)no2)CC1. The third kappa shape index (κ3) is 3.59. The molecule has 1 saturated heterocycles. The van der Waals surface area contributed by atoms with Crippen molar-refractivity contribution in [1.29, 1.82) is 0 Å². The quantitative estimate of drug-likeness (QED) is 0.632. The molecule has 0 saturated carbocycles. The van der Waals surface area contributed by atoms with Crippen LogP contribution in [0.4, 0.5) is 0 Å². The van der Waals surface area contributed by atoms with E-state index in [4.69, 9.17) is 20.9 Å². The number of likely N-dealkylation sites (tertiary alicyclic amines) is 1. The summed E-state index contributed by atoms with van der Waals surface area (Å²) in [5.74, 6) is 1.27. The first-order valence-electron chi connectivity index (χ1n) is 9.97. The lowest BCUT2D eigenvalue weighted by Crippen LogP contribution is -2.36. The molecular weight excluding hydrogens is 408 g/mol. The largest absolute Gasteiger partial charge is 0.365 e. The number of carbonyl (C=O) groups is 1. The van der Waals surface area contributed by atoms with Gasteiger partial charge in [-0.3, -0.25) is 4.79 Å². The highest BCUT2D eigenvalue weighted by Crippen LogP contribution is 2.32. The monoisotopic (exact) mass is 428 g/mol. The third-order valence-electron chi connectivity index (χ3n) is 5.78. The molecule has 0 N–H and O–H groups in total. The number of ether oxygens (including phenoxy) is 1. The lowest BCUT2D eigenvalue weighted by Gasteiger charge is -2.29. The van der Waals surface area contributed by atoms with Crippen molar-refractivity contribution >= 4 is 17.5 Å². The second kappa shape index (κ2) is 7.81. The number of aromatic nitrogens is 5. The molecule has 30 heavy (non-hydrogen) atoms. The number of amides is 1. The Labute approximate surface area is 178 Å². The number of hydrogen-bond acceptors (Lipinski definition) is 7. The highest BCUT2D eigenvalue weighted by Gasteiger charge is 2.30. The molecule has 3 aromatic rings. The molecule has 10 heteroatoms. The Kier molecular flexibility index (Phi) is 5.00. The summed E-state index contributed by atoms with van der Waals surface area (Å²) in [6.07, 6.45) is 1.51. The van der Waals surface area contributed by atoms with Crippen LogP contribution in [0.15, 0.2) is 28.8 Å². The molecule has 1 amide bonds. The second-order valence-corrected chi connectivity index (χ2v) is 8.09. The summed E-state index contributed by atoms with van der Waals surface area (Å²) in [5.41, 5.74) is 2.46. The Morgan fingerprint density at radius 1 is 1.20 bits per heavy atom. The van der Waals surface area contributed by atoms with Crippen LogP contribution in [0.1, 0.15) is 48.9 Å². The second-order valence-electron chi connectivity index (χ2n) is 7.65. The molecule has 2 aliphatic rings. The Morgan fingerprint density at radius 2 is 1.97 bits per heavy atom. The van der Waals surface area contributed by atoms with Gasteiger partial charge in [-0.1, -0.05) is 34.1 Å². The van der Waals surface area contributed by atoms with Gasteiger partial charge in [0.15, 0.2) is 5.69 Å². The van der Waals surface area contributed by atoms with Gasteiger partial charge in [0, 0.05) is 31.0 Å². The molecule has 1 aromatic carbocycles. The first-order chi connectivity index (χ1) is 14.6. The summed E-state index contributed by atoms with van der Waals surface area (Å²) < 4.78 is 13.4. The Bertz CT molecular complexity index is 1050. The first-order valence-corrected chi connectivity index (χ1v) is 10.3. The van der Waals surface area contributed by atoms with Crippen LogP contribution >= 0.6 is 11.6 Å². The topological polar surface area (TPSA) is 99.2 Å². The van der Waals surface area contributed by atoms with E-state index in [1.54, 1.807) is 6.92 Å². The fraction of sp³-hybridized carbons (Fsp3) is 0.450. The van der Waals surface area contributed by atoms with Gasteiger partial charge in [-0.25, -0.2) is 4.68 Å². The Balaban J connectivity index is 1.31. The van der Waals surface area contributed by atoms with E-state index in [1.807, 2.05) is 33.8 Å². The lowest BCUT2D eigenvalue weighted by atomic mass is 9.97. The average Bonchev–Trinajstić information content (AvgIpc) is 3.41. The Morgan fingerprint density at radius 3 is 2.70 bits per heavy atom. The van der Waals surface area contributed by atoms with Gasteiger partial charge in [-0.2, -0.15) is 4.98 Å². The maximum Gasteiger partial charge on any atom is 0.230 e. The first kappa shape index (κ1) is 19.2. The van der Waals surface area contributed by atoms with Gasteiger partial charge in [0.25, 0.3) is 0 Å². The molecule has 0 aliphatic carbocycles. The summed E-state index contributed by atoms with van der Waals surface area (Å²) in [6.45, 7) is 3.92. The van der Waals surface area contributed by atoms with Crippen LogP contribution in [-0.2, 0) is 22.7 Å². The molecule has 156 valence electrons. The maximum atomic E-state index is 11.5. The zero-order chi connectivity index (χ0) is 20.7. The molecule has 5 rings (SSSR count). The fourth-order valence-electron chi connectivity index (χ4n) is 4.00. The highest BCUT2D eigenvalue weighted by molar-refractivity contribution is 6.30. The van der Waals surface area contributed by atoms with E-state index in [1.165, 1.54) is 0 Å². The van der Waals surface area contributed by atoms with Gasteiger partial charge < -0.3 is 14.2 Å². The number of halogens is 1. The van der Waals surface area contributed by atoms with Crippen molar-refractivity contribution in [1.82, 2.24) is 30.0 Å². The van der Waals surface area contributed by atoms with Gasteiger partial charge in [0.2, 0.25) is 17.6 Å². The molecular formula is C20H21ClN6O3. The van der Waals surface area contributed by atoms with E-state index in [-0.39, 0.29) is 17.9 Å². The zero-order valence-corrected chi connectivity index (χ0v) is 17.2. The minimum Gasteiger partial charge on any atom is -0.365 e. The normalized spacial score (nSPS) is 19.7. The number of rotatable bonds is 3. The van der Waals surface area contributed by atoms with Crippen LogP contribution in [0, 0.1) is 0 Å². The summed E-state index contributed by atoms with van der Waals surface area (Å²) in [7, 11) is 0. The number of nitrogens with zero attached hydrogens (tertiary/aromatic N) is 6. The molecule has 0 bridgehead atoms. The molecule has 9 nitrogen and oxygen atoms in total. The number of benzene rings is 1. The van der Waals surface area contributed by atoms with E-state index in [2.05, 4.69) is 20.5 Å². The van der Waals surface area contributed by atoms with Gasteiger partial charge in [-0.05, 0) is 30.5 Å². The van der Waals surface area contributed by atoms with Crippen LogP contribution in [0.25, 0.3) is 11.5 Å². The summed E-state index contributed by atoms with van der Waals surface area (Å²) in [6, 6.07) is 7.62. The van der Waals surface area contributed by atoms with Crippen LogP contribution in [0.3, 0.4) is 0 Å². The van der Waals surface area contributed by atoms with Crippen molar-refractivity contribution in [3.63, 3.8) is 0 Å². The fourth-order valence-corrected chi connectivity index (χ4v) is 4.13. The van der Waals surface area contributed by atoms with Crippen molar-refractivity contribution in [2.75, 3.05) is 13.1 Å². The molecule has 2 aromatic heterocycles. The molecule has 0 spiro atoms. The minimum absolute atomic E-state index is 0.104. The molecule has 1 atom stereocenters. The Hall–Kier alpha value is -2.78. The molecule has 2 aliphatic heterocycles. The average molecular weight is 429 g/mol. The number of piperidine rings is 1. The highest BCUT2D eigenvalue weighted by atomic mass is 35.5. The summed E-state index contributed by atoms with van der Waals surface area (Å²) in [5, 5.41) is 13.4. The summed E-state index contributed by atoms with van der Waals surface area (Å²) >= 11 is 5.97. The summed E-state index contributed by atoms with van der Waals surface area (Å²) in [4.78, 5) is 17.9. The van der Waals surface area contributed by atoms with E-state index in [0.717, 1.165) is 24.1 Å². The zero-order valence-electron chi connectivity index (χ0n) is 16.5. The van der Waals surface area contributed by atoms with Crippen LogP contribution in [0.5, 0.6) is 0 Å². The van der Waals surface area contributed by atoms with Gasteiger partial charge in [0.1, 0.15) is 6.10 Å². The van der Waals surface area contributed by atoms with Crippen molar-refractivity contribution in [3.05, 3.63) is 46.4 Å². The van der Waals surface area contributed by atoms with Gasteiger partial charge in [0.05, 0.1) is 18.8 Å². The molecule has 1 fully saturated rings. The predicted octanol–water partition coefficient (Wildman–Crippen LogP) is 2.98. The molecule has 0 radical (unpaired) electrons. The maximum absolute atomic E-state index is 11.5. The van der Waals surface area contributed by atoms with Crippen molar-refractivity contribution in [2.45, 2.75) is 44.9 Å². The van der Waals surface area contributed by atoms with E-state index >= 15 is 0 Å². The number of hydrogen-bond donors (Lipinski definition) is 0. The third-order valence-corrected chi connectivity index (χ3v) is 6.03. The van der Waals surface area contributed by atoms with Crippen LogP contribution < -0.4 is 0 Å². The molecule has 4 heterocycles. The van der Waals surface area contributed by atoms with E-state index in [9.17, 15) is 4.79 Å². The van der Waals surface area contributed by atoms with Crippen molar-refractivity contribution in [2.24, 2.45) is 0 Å². The predicted molar refractivity (Wildman–Crippen MR) is 107 cm³/mol. The van der Waals surface area contributed by atoms with Gasteiger partial charge in [-0.15, -0.1) is 5.10 Å². The number of fused-ring (bicyclic) bond motifs is 1. The standard InChI is InChI=1S/C20H21ClN6O3/c1-12(28)26-8-6-14(7-9-26)20-22-19(24-30-20)18-16-11-29-17(10-27(16)25-23-18)13-2-4-15(21)5-3-13/h2-5,14,17H,6-11H2,1H3/t17-/m1/s1. The van der Waals surface area contributed by atoms with Crippen LogP contribution in [0.2, 0.25) is 5.02 Å². The molecule has 0 unspecified atom stereocenters. The van der Waals surface area contributed by atoms with Crippen LogP contribution in [-0.4, -0.2) is 49.0 Å². The number of carbonyl (C=O) groups excluding carboxylic acids is 1. The minimum atomic E-state index is -0.114. The smallest absolute Gasteiger partial charge is 0.230 e. The van der Waals surface area contributed by atoms with Crippen molar-refractivity contribution in [3.8, 4) is 11.5 Å².